The fourth-order valence-corrected chi connectivity index (χ4v) is 3.07. The second-order valence-electron chi connectivity index (χ2n) is 5.87. The van der Waals surface area contributed by atoms with Gasteiger partial charge >= 0.3 is 0 Å². The number of carbonyl (C=O) groups is 1. The predicted molar refractivity (Wildman–Crippen MR) is 90.6 cm³/mol. The molecule has 1 aromatic carbocycles. The van der Waals surface area contributed by atoms with Crippen LogP contribution in [-0.4, -0.2) is 32.2 Å². The van der Waals surface area contributed by atoms with Crippen LogP contribution in [0.15, 0.2) is 28.7 Å². The van der Waals surface area contributed by atoms with E-state index in [2.05, 4.69) is 36.7 Å². The molecule has 0 unspecified atom stereocenters. The number of nitrogens with zero attached hydrogens (tertiary/aromatic N) is 4. The molecule has 1 aromatic heterocycles. The van der Waals surface area contributed by atoms with E-state index < -0.39 is 0 Å². The van der Waals surface area contributed by atoms with Crippen molar-refractivity contribution in [3.05, 3.63) is 28.7 Å². The van der Waals surface area contributed by atoms with Gasteiger partial charge < -0.3 is 5.32 Å². The third-order valence-corrected chi connectivity index (χ3v) is 4.59. The zero-order valence-electron chi connectivity index (χ0n) is 12.9. The Labute approximate surface area is 143 Å². The molecule has 7 heteroatoms. The summed E-state index contributed by atoms with van der Waals surface area (Å²) < 4.78 is 1.01. The van der Waals surface area contributed by atoms with Gasteiger partial charge in [0.25, 0.3) is 0 Å². The van der Waals surface area contributed by atoms with Crippen LogP contribution in [0.25, 0.3) is 11.4 Å². The van der Waals surface area contributed by atoms with Crippen LogP contribution in [0.4, 0.5) is 0 Å². The fraction of sp³-hybridized carbons (Fsp3) is 0.500. The van der Waals surface area contributed by atoms with Gasteiger partial charge in [-0.3, -0.25) is 4.79 Å². The Kier molecular flexibility index (Phi) is 5.38. The summed E-state index contributed by atoms with van der Waals surface area (Å²) in [6, 6.07) is 8.09. The van der Waals surface area contributed by atoms with Crippen LogP contribution in [0.3, 0.4) is 0 Å². The maximum Gasteiger partial charge on any atom is 0.222 e. The van der Waals surface area contributed by atoms with Crippen LogP contribution in [0.1, 0.15) is 38.5 Å². The zero-order valence-corrected chi connectivity index (χ0v) is 14.5. The van der Waals surface area contributed by atoms with Gasteiger partial charge in [0.05, 0.1) is 6.54 Å². The number of aromatic nitrogens is 4. The third-order valence-electron chi connectivity index (χ3n) is 4.06. The van der Waals surface area contributed by atoms with Crippen LogP contribution < -0.4 is 5.32 Å². The number of tetrazole rings is 1. The van der Waals surface area contributed by atoms with Gasteiger partial charge in [0, 0.05) is 22.5 Å². The highest BCUT2D eigenvalue weighted by Crippen LogP contribution is 2.18. The van der Waals surface area contributed by atoms with Gasteiger partial charge in [-0.2, -0.15) is 4.80 Å². The minimum absolute atomic E-state index is 0.0689. The molecule has 1 aliphatic carbocycles. The monoisotopic (exact) mass is 377 g/mol. The molecule has 0 radical (unpaired) electrons. The molecular formula is C16H20BrN5O. The second-order valence-corrected chi connectivity index (χ2v) is 6.78. The number of nitrogens with one attached hydrogen (secondary N) is 1. The molecule has 1 aliphatic rings. The Balaban J connectivity index is 1.50. The van der Waals surface area contributed by atoms with E-state index in [9.17, 15) is 4.79 Å². The highest BCUT2D eigenvalue weighted by Gasteiger charge is 2.15. The van der Waals surface area contributed by atoms with E-state index in [4.69, 9.17) is 0 Å². The number of rotatable bonds is 5. The fourth-order valence-electron chi connectivity index (χ4n) is 2.80. The number of hydrogen-bond acceptors (Lipinski definition) is 4. The molecule has 0 spiro atoms. The Morgan fingerprint density at radius 3 is 2.70 bits per heavy atom. The van der Waals surface area contributed by atoms with E-state index in [0.717, 1.165) is 22.9 Å². The molecule has 1 heterocycles. The molecule has 6 nitrogen and oxygen atoms in total. The summed E-state index contributed by atoms with van der Waals surface area (Å²) in [5.74, 6) is 0.643. The molecule has 23 heavy (non-hydrogen) atoms. The lowest BCUT2D eigenvalue weighted by atomic mass is 9.95. The molecule has 122 valence electrons. The zero-order chi connectivity index (χ0) is 16.1. The smallest absolute Gasteiger partial charge is 0.222 e. The number of aryl methyl sites for hydroxylation is 1. The summed E-state index contributed by atoms with van der Waals surface area (Å²) in [6.45, 7) is 0.447. The molecular weight excluding hydrogens is 358 g/mol. The summed E-state index contributed by atoms with van der Waals surface area (Å²) in [5.41, 5.74) is 0.908. The normalized spacial score (nSPS) is 15.5. The quantitative estimate of drug-likeness (QED) is 0.868. The van der Waals surface area contributed by atoms with E-state index in [1.54, 1.807) is 0 Å². The van der Waals surface area contributed by atoms with Crippen molar-refractivity contribution in [3.8, 4) is 11.4 Å². The lowest BCUT2D eigenvalue weighted by Gasteiger charge is -2.22. The topological polar surface area (TPSA) is 72.7 Å². The van der Waals surface area contributed by atoms with Crippen molar-refractivity contribution in [2.75, 3.05) is 0 Å². The summed E-state index contributed by atoms with van der Waals surface area (Å²) in [4.78, 5) is 13.5. The molecule has 0 aliphatic heterocycles. The highest BCUT2D eigenvalue weighted by molar-refractivity contribution is 9.10. The molecule has 0 bridgehead atoms. The lowest BCUT2D eigenvalue weighted by Crippen LogP contribution is -2.36. The maximum atomic E-state index is 12.0. The van der Waals surface area contributed by atoms with Gasteiger partial charge in [-0.25, -0.2) is 0 Å². The summed E-state index contributed by atoms with van der Waals surface area (Å²) in [7, 11) is 0. The van der Waals surface area contributed by atoms with Gasteiger partial charge in [0.1, 0.15) is 0 Å². The van der Waals surface area contributed by atoms with Gasteiger partial charge in [-0.1, -0.05) is 35.2 Å². The third kappa shape index (κ3) is 4.60. The standard InChI is InChI=1S/C16H20BrN5O/c17-13-8-6-12(7-9-13)16-19-21-22(20-16)11-10-15(23)18-14-4-2-1-3-5-14/h6-9,14H,1-5,10-11H2,(H,18,23). The first-order valence-corrected chi connectivity index (χ1v) is 8.83. The molecule has 2 aromatic rings. The van der Waals surface area contributed by atoms with Gasteiger partial charge in [-0.05, 0) is 42.3 Å². The molecule has 1 saturated carbocycles. The van der Waals surface area contributed by atoms with Crippen molar-refractivity contribution in [3.63, 3.8) is 0 Å². The van der Waals surface area contributed by atoms with Crippen molar-refractivity contribution < 1.29 is 4.79 Å². The Hall–Kier alpha value is -1.76. The van der Waals surface area contributed by atoms with Gasteiger partial charge in [0.15, 0.2) is 0 Å². The summed E-state index contributed by atoms with van der Waals surface area (Å²) in [6.07, 6.45) is 6.29. The van der Waals surface area contributed by atoms with Crippen molar-refractivity contribution in [2.45, 2.75) is 51.1 Å². The van der Waals surface area contributed by atoms with E-state index >= 15 is 0 Å². The molecule has 3 rings (SSSR count). The van der Waals surface area contributed by atoms with Gasteiger partial charge in [-0.15, -0.1) is 10.2 Å². The SMILES string of the molecule is O=C(CCn1nnc(-c2ccc(Br)cc2)n1)NC1CCCCC1. The van der Waals surface area contributed by atoms with Crippen LogP contribution >= 0.6 is 15.9 Å². The molecule has 1 fully saturated rings. The molecule has 0 atom stereocenters. The highest BCUT2D eigenvalue weighted by atomic mass is 79.9. The first kappa shape index (κ1) is 16.1. The lowest BCUT2D eigenvalue weighted by molar-refractivity contribution is -0.122. The molecule has 1 N–H and O–H groups in total. The minimum atomic E-state index is 0.0689. The number of carbonyl (C=O) groups excluding carboxylic acids is 1. The summed E-state index contributed by atoms with van der Waals surface area (Å²) >= 11 is 3.40. The first-order valence-electron chi connectivity index (χ1n) is 8.04. The van der Waals surface area contributed by atoms with Crippen molar-refractivity contribution in [1.29, 1.82) is 0 Å². The predicted octanol–water partition coefficient (Wildman–Crippen LogP) is 2.94. The molecule has 1 amide bonds. The van der Waals surface area contributed by atoms with Crippen LogP contribution in [0.2, 0.25) is 0 Å². The summed E-state index contributed by atoms with van der Waals surface area (Å²) in [5, 5.41) is 15.5. The van der Waals surface area contributed by atoms with E-state index in [0.29, 0.717) is 24.8 Å². The minimum Gasteiger partial charge on any atom is -0.353 e. The number of benzene rings is 1. The van der Waals surface area contributed by atoms with E-state index in [-0.39, 0.29) is 5.91 Å². The number of amides is 1. The van der Waals surface area contributed by atoms with E-state index in [1.165, 1.54) is 24.1 Å². The number of hydrogen-bond donors (Lipinski definition) is 1. The number of halogens is 1. The van der Waals surface area contributed by atoms with Crippen molar-refractivity contribution in [2.24, 2.45) is 0 Å². The van der Waals surface area contributed by atoms with E-state index in [1.807, 2.05) is 24.3 Å². The Bertz CT molecular complexity index is 649. The van der Waals surface area contributed by atoms with Crippen molar-refractivity contribution >= 4 is 21.8 Å². The largest absolute Gasteiger partial charge is 0.353 e. The Morgan fingerprint density at radius 2 is 1.96 bits per heavy atom. The second kappa shape index (κ2) is 7.68. The van der Waals surface area contributed by atoms with Crippen LogP contribution in [0, 0.1) is 0 Å². The molecule has 0 saturated heterocycles. The Morgan fingerprint density at radius 1 is 1.22 bits per heavy atom. The van der Waals surface area contributed by atoms with Gasteiger partial charge in [0.2, 0.25) is 11.7 Å². The average Bonchev–Trinajstić information content (AvgIpc) is 3.04. The average molecular weight is 378 g/mol. The van der Waals surface area contributed by atoms with Crippen LogP contribution in [0.5, 0.6) is 0 Å². The van der Waals surface area contributed by atoms with Crippen LogP contribution in [-0.2, 0) is 11.3 Å². The maximum absolute atomic E-state index is 12.0. The first-order chi connectivity index (χ1) is 11.2. The van der Waals surface area contributed by atoms with Crippen molar-refractivity contribution in [1.82, 2.24) is 25.5 Å².